The third-order valence-electron chi connectivity index (χ3n) is 1.76. The highest BCUT2D eigenvalue weighted by atomic mass is 79.9. The lowest BCUT2D eigenvalue weighted by Crippen LogP contribution is -2.19. The van der Waals surface area contributed by atoms with Crippen molar-refractivity contribution in [1.29, 1.82) is 0 Å². The van der Waals surface area contributed by atoms with Crippen molar-refractivity contribution in [1.82, 2.24) is 0 Å². The first-order chi connectivity index (χ1) is 6.63. The second kappa shape index (κ2) is 5.10. The summed E-state index contributed by atoms with van der Waals surface area (Å²) in [6, 6.07) is 7.17. The molecule has 1 rings (SSSR count). The molecule has 0 aliphatic carbocycles. The Labute approximate surface area is 90.2 Å². The Morgan fingerprint density at radius 2 is 2.36 bits per heavy atom. The lowest BCUT2D eigenvalue weighted by atomic mass is 10.1. The summed E-state index contributed by atoms with van der Waals surface area (Å²) in [5, 5.41) is 0. The molecule has 4 heteroatoms. The minimum Gasteiger partial charge on any atom is -0.467 e. The molecule has 0 spiro atoms. The van der Waals surface area contributed by atoms with Crippen LogP contribution in [0.1, 0.15) is 5.56 Å². The quantitative estimate of drug-likeness (QED) is 0.781. The maximum absolute atomic E-state index is 13.1. The smallest absolute Gasteiger partial charge is 0.340 e. The van der Waals surface area contributed by atoms with E-state index in [2.05, 4.69) is 20.7 Å². The van der Waals surface area contributed by atoms with Crippen LogP contribution in [0, 0.1) is 0 Å². The van der Waals surface area contributed by atoms with Crippen LogP contribution in [-0.4, -0.2) is 19.3 Å². The minimum absolute atomic E-state index is 0.0477. The number of methoxy groups -OCH3 is 1. The van der Waals surface area contributed by atoms with Gasteiger partial charge < -0.3 is 4.74 Å². The van der Waals surface area contributed by atoms with Gasteiger partial charge in [-0.05, 0) is 17.7 Å². The standard InChI is InChI=1S/C10H10BrFO2/c1-14-10(13)9(12)6-7-3-2-4-8(11)5-7/h2-5,9H,6H2,1H3. The first kappa shape index (κ1) is 11.2. The Kier molecular flexibility index (Phi) is 4.07. The zero-order valence-electron chi connectivity index (χ0n) is 7.67. The molecule has 0 radical (unpaired) electrons. The number of ether oxygens (including phenoxy) is 1. The Morgan fingerprint density at radius 1 is 1.64 bits per heavy atom. The van der Waals surface area contributed by atoms with E-state index >= 15 is 0 Å². The molecule has 0 heterocycles. The van der Waals surface area contributed by atoms with Gasteiger partial charge >= 0.3 is 5.97 Å². The third-order valence-corrected chi connectivity index (χ3v) is 2.25. The van der Waals surface area contributed by atoms with E-state index in [0.29, 0.717) is 0 Å². The van der Waals surface area contributed by atoms with Crippen LogP contribution in [0.2, 0.25) is 0 Å². The largest absolute Gasteiger partial charge is 0.467 e. The summed E-state index contributed by atoms with van der Waals surface area (Å²) in [6.07, 6.45) is -1.54. The van der Waals surface area contributed by atoms with Gasteiger partial charge in [-0.3, -0.25) is 0 Å². The van der Waals surface area contributed by atoms with Gasteiger partial charge in [-0.25, -0.2) is 9.18 Å². The zero-order valence-corrected chi connectivity index (χ0v) is 9.25. The normalized spacial score (nSPS) is 12.2. The number of esters is 1. The highest BCUT2D eigenvalue weighted by Gasteiger charge is 2.17. The number of benzene rings is 1. The predicted octanol–water partition coefficient (Wildman–Crippen LogP) is 2.50. The molecule has 0 aliphatic heterocycles. The molecule has 0 saturated heterocycles. The van der Waals surface area contributed by atoms with Gasteiger partial charge in [0.1, 0.15) is 0 Å². The number of alkyl halides is 1. The Bertz CT molecular complexity index is 328. The lowest BCUT2D eigenvalue weighted by molar-refractivity contribution is -0.146. The molecule has 14 heavy (non-hydrogen) atoms. The fraction of sp³-hybridized carbons (Fsp3) is 0.300. The van der Waals surface area contributed by atoms with Crippen LogP contribution in [0.5, 0.6) is 0 Å². The summed E-state index contributed by atoms with van der Waals surface area (Å²) in [6.45, 7) is 0. The molecule has 0 amide bonds. The number of carbonyl (C=O) groups is 1. The Balaban J connectivity index is 2.64. The summed E-state index contributed by atoms with van der Waals surface area (Å²) in [5.41, 5.74) is 0.761. The van der Waals surface area contributed by atoms with E-state index in [-0.39, 0.29) is 6.42 Å². The molecule has 0 aliphatic rings. The highest BCUT2D eigenvalue weighted by Crippen LogP contribution is 2.14. The van der Waals surface area contributed by atoms with Crippen molar-refractivity contribution in [2.75, 3.05) is 7.11 Å². The highest BCUT2D eigenvalue weighted by molar-refractivity contribution is 9.10. The van der Waals surface area contributed by atoms with Gasteiger partial charge in [0.15, 0.2) is 0 Å². The number of carbonyl (C=O) groups excluding carboxylic acids is 1. The molecule has 2 nitrogen and oxygen atoms in total. The maximum Gasteiger partial charge on any atom is 0.340 e. The monoisotopic (exact) mass is 260 g/mol. The molecule has 1 unspecified atom stereocenters. The van der Waals surface area contributed by atoms with Gasteiger partial charge in [0.05, 0.1) is 7.11 Å². The summed E-state index contributed by atoms with van der Waals surface area (Å²) < 4.78 is 18.3. The van der Waals surface area contributed by atoms with Crippen LogP contribution >= 0.6 is 15.9 Å². The van der Waals surface area contributed by atoms with Gasteiger partial charge in [-0.1, -0.05) is 28.1 Å². The SMILES string of the molecule is COC(=O)C(F)Cc1cccc(Br)c1. The molecule has 76 valence electrons. The second-order valence-corrected chi connectivity index (χ2v) is 3.74. The number of hydrogen-bond donors (Lipinski definition) is 0. The molecule has 0 N–H and O–H groups in total. The van der Waals surface area contributed by atoms with Gasteiger partial charge in [0.2, 0.25) is 6.17 Å². The fourth-order valence-corrected chi connectivity index (χ4v) is 1.53. The lowest BCUT2D eigenvalue weighted by Gasteiger charge is -2.05. The van der Waals surface area contributed by atoms with E-state index in [1.807, 2.05) is 6.07 Å². The zero-order chi connectivity index (χ0) is 10.6. The Hall–Kier alpha value is -0.900. The molecular formula is C10H10BrFO2. The average Bonchev–Trinajstić information content (AvgIpc) is 2.16. The van der Waals surface area contributed by atoms with Crippen LogP contribution in [0.25, 0.3) is 0 Å². The van der Waals surface area contributed by atoms with Crippen LogP contribution < -0.4 is 0 Å². The summed E-state index contributed by atoms with van der Waals surface area (Å²) in [4.78, 5) is 10.8. The van der Waals surface area contributed by atoms with Crippen molar-refractivity contribution in [3.8, 4) is 0 Å². The van der Waals surface area contributed by atoms with Crippen molar-refractivity contribution < 1.29 is 13.9 Å². The fourth-order valence-electron chi connectivity index (χ4n) is 1.08. The van der Waals surface area contributed by atoms with Gasteiger partial charge in [0.25, 0.3) is 0 Å². The molecule has 1 aromatic carbocycles. The molecule has 0 aromatic heterocycles. The molecule has 0 bridgehead atoms. The summed E-state index contributed by atoms with van der Waals surface area (Å²) in [7, 11) is 1.18. The minimum atomic E-state index is -1.59. The van der Waals surface area contributed by atoms with Gasteiger partial charge in [-0.15, -0.1) is 0 Å². The van der Waals surface area contributed by atoms with Gasteiger partial charge in [0, 0.05) is 10.9 Å². The van der Waals surface area contributed by atoms with E-state index in [1.54, 1.807) is 18.2 Å². The molecular weight excluding hydrogens is 251 g/mol. The van der Waals surface area contributed by atoms with Crippen LogP contribution in [-0.2, 0) is 16.0 Å². The average molecular weight is 261 g/mol. The van der Waals surface area contributed by atoms with Crippen LogP contribution in [0.15, 0.2) is 28.7 Å². The second-order valence-electron chi connectivity index (χ2n) is 2.82. The first-order valence-corrected chi connectivity index (χ1v) is 4.89. The third kappa shape index (κ3) is 3.10. The molecule has 0 fully saturated rings. The maximum atomic E-state index is 13.1. The van der Waals surface area contributed by atoms with E-state index in [1.165, 1.54) is 7.11 Å². The summed E-state index contributed by atoms with van der Waals surface area (Å²) in [5.74, 6) is -0.829. The number of rotatable bonds is 3. The number of halogens is 2. The van der Waals surface area contributed by atoms with Crippen LogP contribution in [0.3, 0.4) is 0 Å². The van der Waals surface area contributed by atoms with Crippen LogP contribution in [0.4, 0.5) is 4.39 Å². The topological polar surface area (TPSA) is 26.3 Å². The summed E-state index contributed by atoms with van der Waals surface area (Å²) >= 11 is 3.27. The van der Waals surface area contributed by atoms with Crippen molar-refractivity contribution in [3.63, 3.8) is 0 Å². The van der Waals surface area contributed by atoms with Crippen molar-refractivity contribution in [2.24, 2.45) is 0 Å². The van der Waals surface area contributed by atoms with E-state index in [0.717, 1.165) is 10.0 Å². The van der Waals surface area contributed by atoms with Gasteiger partial charge in [-0.2, -0.15) is 0 Å². The Morgan fingerprint density at radius 3 is 2.93 bits per heavy atom. The predicted molar refractivity (Wildman–Crippen MR) is 54.8 cm³/mol. The molecule has 0 saturated carbocycles. The number of hydrogen-bond acceptors (Lipinski definition) is 2. The van der Waals surface area contributed by atoms with Crippen molar-refractivity contribution in [2.45, 2.75) is 12.6 Å². The van der Waals surface area contributed by atoms with Crippen molar-refractivity contribution >= 4 is 21.9 Å². The van der Waals surface area contributed by atoms with E-state index in [4.69, 9.17) is 0 Å². The van der Waals surface area contributed by atoms with Crippen molar-refractivity contribution in [3.05, 3.63) is 34.3 Å². The first-order valence-electron chi connectivity index (χ1n) is 4.10. The molecule has 1 aromatic rings. The van der Waals surface area contributed by atoms with E-state index in [9.17, 15) is 9.18 Å². The van der Waals surface area contributed by atoms with E-state index < -0.39 is 12.1 Å². The molecule has 1 atom stereocenters.